The van der Waals surface area contributed by atoms with Gasteiger partial charge in [0.2, 0.25) is 0 Å². The van der Waals surface area contributed by atoms with Crippen molar-refractivity contribution in [2.24, 2.45) is 0 Å². The van der Waals surface area contributed by atoms with Crippen molar-refractivity contribution < 1.29 is 0 Å². The van der Waals surface area contributed by atoms with Gasteiger partial charge in [-0.25, -0.2) is 0 Å². The van der Waals surface area contributed by atoms with E-state index in [9.17, 15) is 0 Å². The summed E-state index contributed by atoms with van der Waals surface area (Å²) in [4.78, 5) is 9.67. The Hall–Kier alpha value is -18.9. The van der Waals surface area contributed by atoms with E-state index in [0.717, 1.165) is 146 Å². The van der Waals surface area contributed by atoms with Crippen LogP contribution in [0.25, 0.3) is 165 Å². The molecule has 142 heavy (non-hydrogen) atoms. The Balaban J connectivity index is 0.000000150. The number of rotatable bonds is 20. The second-order valence-electron chi connectivity index (χ2n) is 36.3. The molecule has 6 heteroatoms. The van der Waals surface area contributed by atoms with E-state index in [0.29, 0.717) is 0 Å². The maximum atomic E-state index is 2.42. The molecule has 26 aromatic rings. The van der Waals surface area contributed by atoms with Gasteiger partial charge in [-0.3, -0.25) is 0 Å². The Morgan fingerprint density at radius 2 is 0.317 bits per heavy atom. The molecular weight excluding hydrogens is 1720 g/mol. The Bertz CT molecular complexity index is 8460. The van der Waals surface area contributed by atoms with Gasteiger partial charge >= 0.3 is 0 Å². The number of para-hydroxylation sites is 8. The molecule has 0 saturated heterocycles. The van der Waals surface area contributed by atoms with E-state index in [1.165, 1.54) is 87.4 Å². The van der Waals surface area contributed by atoms with E-state index >= 15 is 0 Å². The largest absolute Gasteiger partial charge is 0.310 e. The van der Waals surface area contributed by atoms with Crippen molar-refractivity contribution in [3.63, 3.8) is 0 Å². The highest BCUT2D eigenvalue weighted by Gasteiger charge is 2.28. The van der Waals surface area contributed by atoms with Crippen LogP contribution in [0, 0.1) is 0 Å². The van der Waals surface area contributed by atoms with Crippen LogP contribution in [0.15, 0.2) is 570 Å². The van der Waals surface area contributed by atoms with E-state index in [2.05, 4.69) is 599 Å². The Kier molecular flexibility index (Phi) is 22.3. The van der Waals surface area contributed by atoms with E-state index in [4.69, 9.17) is 0 Å². The zero-order valence-electron chi connectivity index (χ0n) is 78.0. The first-order valence-electron chi connectivity index (χ1n) is 48.7. The van der Waals surface area contributed by atoms with Crippen LogP contribution in [0.3, 0.4) is 0 Å². The monoisotopic (exact) mass is 1810 g/mol. The molecule has 26 rings (SSSR count). The summed E-state index contributed by atoms with van der Waals surface area (Å²) < 4.78 is 4.77. The molecule has 24 aromatic carbocycles. The van der Waals surface area contributed by atoms with Gasteiger partial charge in [-0.1, -0.05) is 364 Å². The summed E-state index contributed by atoms with van der Waals surface area (Å²) in [5.41, 5.74) is 33.9. The van der Waals surface area contributed by atoms with Crippen molar-refractivity contribution in [2.75, 3.05) is 19.6 Å². The molecule has 0 aliphatic heterocycles. The maximum absolute atomic E-state index is 2.42. The fraction of sp³-hybridized carbons (Fsp3) is 0. The van der Waals surface area contributed by atoms with Crippen LogP contribution in [0.5, 0.6) is 0 Å². The zero-order valence-corrected chi connectivity index (χ0v) is 78.0. The minimum Gasteiger partial charge on any atom is -0.310 e. The predicted molar refractivity (Wildman–Crippen MR) is 603 cm³/mol. The van der Waals surface area contributed by atoms with Gasteiger partial charge in [0.05, 0.1) is 44.8 Å². The maximum Gasteiger partial charge on any atom is 0.0546 e. The van der Waals surface area contributed by atoms with Crippen molar-refractivity contribution in [3.05, 3.63) is 570 Å². The Morgan fingerprint density at radius 1 is 0.120 bits per heavy atom. The minimum absolute atomic E-state index is 1.06. The van der Waals surface area contributed by atoms with Gasteiger partial charge < -0.3 is 28.7 Å². The molecule has 2 heterocycles. The molecule has 2 aromatic heterocycles. The second kappa shape index (κ2) is 37.3. The number of nitrogens with zero attached hydrogens (tertiary/aromatic N) is 6. The highest BCUT2D eigenvalue weighted by Crippen LogP contribution is 2.52. The molecule has 0 N–H and O–H groups in total. The number of fused-ring (bicyclic) bond motifs is 10. The number of hydrogen-bond donors (Lipinski definition) is 0. The molecule has 0 fully saturated rings. The summed E-state index contributed by atoms with van der Waals surface area (Å²) in [5, 5.41) is 14.5. The lowest BCUT2D eigenvalue weighted by atomic mass is 9.93. The summed E-state index contributed by atoms with van der Waals surface area (Å²) in [5.74, 6) is 0. The average Bonchev–Trinajstić information content (AvgIpc) is 1.45. The van der Waals surface area contributed by atoms with Gasteiger partial charge in [0, 0.05) is 101 Å². The number of hydrogen-bond acceptors (Lipinski definition) is 4. The van der Waals surface area contributed by atoms with Gasteiger partial charge in [0.25, 0.3) is 0 Å². The normalized spacial score (nSPS) is 11.4. The molecule has 0 unspecified atom stereocenters. The molecule has 0 spiro atoms. The third-order valence-corrected chi connectivity index (χ3v) is 27.8. The lowest BCUT2D eigenvalue weighted by Crippen LogP contribution is -2.12. The molecule has 0 atom stereocenters. The van der Waals surface area contributed by atoms with E-state index in [1.807, 2.05) is 0 Å². The van der Waals surface area contributed by atoms with Crippen molar-refractivity contribution in [2.45, 2.75) is 0 Å². The molecule has 668 valence electrons. The Labute approximate surface area is 826 Å². The van der Waals surface area contributed by atoms with Crippen LogP contribution in [0.1, 0.15) is 0 Å². The molecule has 0 bridgehead atoms. The van der Waals surface area contributed by atoms with Crippen LogP contribution < -0.4 is 19.6 Å². The number of aromatic nitrogens is 2. The van der Waals surface area contributed by atoms with Crippen molar-refractivity contribution in [3.8, 4) is 78.1 Å². The fourth-order valence-corrected chi connectivity index (χ4v) is 21.1. The summed E-state index contributed by atoms with van der Waals surface area (Å²) in [6, 6.07) is 207. The third kappa shape index (κ3) is 16.1. The summed E-state index contributed by atoms with van der Waals surface area (Å²) in [6.45, 7) is 0. The lowest BCUT2D eigenvalue weighted by Gasteiger charge is -2.30. The first-order chi connectivity index (χ1) is 70.4. The minimum atomic E-state index is 1.06. The number of benzene rings is 24. The molecular formula is C136H94N6. The van der Waals surface area contributed by atoms with Crippen molar-refractivity contribution in [1.82, 2.24) is 9.13 Å². The van der Waals surface area contributed by atoms with Crippen LogP contribution >= 0.6 is 0 Å². The van der Waals surface area contributed by atoms with E-state index in [1.54, 1.807) is 0 Å². The number of anilines is 12. The fourth-order valence-electron chi connectivity index (χ4n) is 21.1. The van der Waals surface area contributed by atoms with Crippen molar-refractivity contribution in [1.29, 1.82) is 0 Å². The first-order valence-corrected chi connectivity index (χ1v) is 48.7. The molecule has 0 radical (unpaired) electrons. The summed E-state index contributed by atoms with van der Waals surface area (Å²) in [6.07, 6.45) is 0. The summed E-state index contributed by atoms with van der Waals surface area (Å²) >= 11 is 0. The topological polar surface area (TPSA) is 22.8 Å². The van der Waals surface area contributed by atoms with Gasteiger partial charge in [-0.15, -0.1) is 0 Å². The highest BCUT2D eigenvalue weighted by atomic mass is 15.2. The van der Waals surface area contributed by atoms with Crippen LogP contribution in [0.4, 0.5) is 68.2 Å². The summed E-state index contributed by atoms with van der Waals surface area (Å²) in [7, 11) is 0. The van der Waals surface area contributed by atoms with Crippen LogP contribution in [-0.4, -0.2) is 9.13 Å². The van der Waals surface area contributed by atoms with Gasteiger partial charge in [-0.2, -0.15) is 0 Å². The van der Waals surface area contributed by atoms with E-state index in [-0.39, 0.29) is 0 Å². The smallest absolute Gasteiger partial charge is 0.0546 e. The molecule has 0 amide bonds. The molecule has 0 aliphatic rings. The average molecular weight is 1810 g/mol. The van der Waals surface area contributed by atoms with Gasteiger partial charge in [0.1, 0.15) is 0 Å². The third-order valence-electron chi connectivity index (χ3n) is 27.8. The predicted octanol–water partition coefficient (Wildman–Crippen LogP) is 38.1. The second-order valence-corrected chi connectivity index (χ2v) is 36.3. The zero-order chi connectivity index (χ0) is 94.2. The standard InChI is InChI=1S/C70H48N4.C66H46N2/c1-5-21-49(22-6-1)63-45-51-46-64(50-23-7-2-8-24-50)70(72(54-27-11-4-12-28-54)56-39-43-58(44-40-56)74-67-35-19-15-31-61(67)62-32-16-20-36-68(62)74)48-52(51)47-69(63)71(53-25-9-3-10-26-53)55-37-41-57(42-38-55)73-65-33-17-13-29-59(65)60-30-14-18-34-66(60)73;1-5-19-51(20-6-1)63-43-57-44-64(52-21-7-2-8-22-52)66(68(60-27-11-4-12-28-60)62-39-35-50(36-40-62)56-32-30-48-18-14-16-24-54(48)42-56)46-58(57)45-65(63)67(59-25-9-3-10-26-59)61-37-33-49(34-38-61)55-31-29-47-17-13-15-23-53(47)41-55/h1-48H;1-46H. The highest BCUT2D eigenvalue weighted by molar-refractivity contribution is 6.12. The van der Waals surface area contributed by atoms with E-state index < -0.39 is 0 Å². The molecule has 0 saturated carbocycles. The van der Waals surface area contributed by atoms with Crippen LogP contribution in [0.2, 0.25) is 0 Å². The quantitative estimate of drug-likeness (QED) is 0.0758. The molecule has 0 aliphatic carbocycles. The van der Waals surface area contributed by atoms with Crippen molar-refractivity contribution >= 4 is 155 Å². The van der Waals surface area contributed by atoms with Gasteiger partial charge in [0.15, 0.2) is 0 Å². The van der Waals surface area contributed by atoms with Gasteiger partial charge in [-0.05, 0) is 294 Å². The first kappa shape index (κ1) is 84.8. The SMILES string of the molecule is c1ccc(-c2cc3cc(-c4ccccc4)c(N(c4ccccc4)c4ccc(-c5ccc6ccccc6c5)cc4)cc3cc2N(c2ccccc2)c2ccc(-c3ccc4ccccc4c3)cc2)cc1.c1ccc(-c2cc3cc(-c4ccccc4)c(N(c4ccccc4)c4ccc(-n5c6ccccc6c6ccccc65)cc4)cc3cc2N(c2ccccc2)c2ccc(-n3c4ccccc4c4ccccc43)cc2)cc1. The molecule has 6 nitrogen and oxygen atoms in total. The Morgan fingerprint density at radius 3 is 0.577 bits per heavy atom. The lowest BCUT2D eigenvalue weighted by molar-refractivity contribution is 1.17. The van der Waals surface area contributed by atoms with Crippen LogP contribution in [-0.2, 0) is 0 Å².